The minimum absolute atomic E-state index is 0.237. The Morgan fingerprint density at radius 1 is 1.22 bits per heavy atom. The number of likely N-dealkylation sites (tertiary alicyclic amines) is 1. The van der Waals surface area contributed by atoms with Gasteiger partial charge in [-0.05, 0) is 43.9 Å². The van der Waals surface area contributed by atoms with Crippen LogP contribution in [-0.2, 0) is 29.2 Å². The number of nitrogens with zero attached hydrogens (tertiary/aromatic N) is 2. The molecule has 1 aromatic rings. The van der Waals surface area contributed by atoms with Crippen LogP contribution in [0.1, 0.15) is 50.3 Å². The van der Waals surface area contributed by atoms with E-state index in [9.17, 15) is 9.59 Å². The van der Waals surface area contributed by atoms with Crippen molar-refractivity contribution in [1.82, 2.24) is 9.80 Å². The summed E-state index contributed by atoms with van der Waals surface area (Å²) >= 11 is 0. The molecule has 0 atom stereocenters. The third-order valence-corrected chi connectivity index (χ3v) is 4.19. The Balaban J connectivity index is 1.66. The van der Waals surface area contributed by atoms with Gasteiger partial charge in [-0.25, -0.2) is 4.79 Å². The number of carbonyl (C=O) groups is 2. The van der Waals surface area contributed by atoms with Gasteiger partial charge in [0.15, 0.2) is 0 Å². The van der Waals surface area contributed by atoms with Crippen LogP contribution in [0.5, 0.6) is 0 Å². The Morgan fingerprint density at radius 3 is 2.61 bits per heavy atom. The molecule has 0 saturated carbocycles. The maximum atomic E-state index is 12.2. The number of hydrogen-bond acceptors (Lipinski definition) is 3. The molecule has 2 amide bonds. The highest BCUT2D eigenvalue weighted by Crippen LogP contribution is 2.26. The average molecular weight is 316 g/mol. The molecule has 2 aliphatic rings. The monoisotopic (exact) mass is 316 g/mol. The van der Waals surface area contributed by atoms with Gasteiger partial charge < -0.3 is 9.64 Å². The highest BCUT2D eigenvalue weighted by atomic mass is 16.6. The summed E-state index contributed by atoms with van der Waals surface area (Å²) in [6.45, 7) is 8.30. The normalized spacial score (nSPS) is 17.6. The van der Waals surface area contributed by atoms with Crippen molar-refractivity contribution in [2.75, 3.05) is 6.54 Å². The molecule has 0 unspecified atom stereocenters. The summed E-state index contributed by atoms with van der Waals surface area (Å²) in [5.41, 5.74) is 2.96. The summed E-state index contributed by atoms with van der Waals surface area (Å²) in [5.74, 6) is 0.237. The fraction of sp³-hybridized carbons (Fsp3) is 0.556. The molecule has 1 fully saturated rings. The molecule has 3 rings (SSSR count). The Kier molecular flexibility index (Phi) is 4.04. The maximum absolute atomic E-state index is 12.2. The van der Waals surface area contributed by atoms with E-state index in [1.807, 2.05) is 25.7 Å². The quantitative estimate of drug-likeness (QED) is 0.842. The van der Waals surface area contributed by atoms with Crippen LogP contribution in [0.25, 0.3) is 0 Å². The fourth-order valence-electron chi connectivity index (χ4n) is 3.09. The zero-order valence-electron chi connectivity index (χ0n) is 14.1. The zero-order valence-corrected chi connectivity index (χ0v) is 14.1. The van der Waals surface area contributed by atoms with Crippen LogP contribution >= 0.6 is 0 Å². The first-order chi connectivity index (χ1) is 10.8. The lowest BCUT2D eigenvalue weighted by Gasteiger charge is -2.24. The Labute approximate surface area is 137 Å². The lowest BCUT2D eigenvalue weighted by Crippen LogP contribution is -2.33. The number of carbonyl (C=O) groups excluding carboxylic acids is 2. The minimum atomic E-state index is -0.479. The first kappa shape index (κ1) is 15.8. The van der Waals surface area contributed by atoms with Crippen molar-refractivity contribution >= 4 is 12.0 Å². The van der Waals surface area contributed by atoms with Gasteiger partial charge in [-0.3, -0.25) is 9.69 Å². The zero-order chi connectivity index (χ0) is 16.6. The number of amides is 2. The van der Waals surface area contributed by atoms with Crippen LogP contribution in [-0.4, -0.2) is 33.9 Å². The van der Waals surface area contributed by atoms with Crippen LogP contribution < -0.4 is 0 Å². The summed E-state index contributed by atoms with van der Waals surface area (Å²) in [4.78, 5) is 27.6. The Hall–Kier alpha value is -2.04. The van der Waals surface area contributed by atoms with Gasteiger partial charge in [-0.1, -0.05) is 18.2 Å². The van der Waals surface area contributed by atoms with Gasteiger partial charge in [0.25, 0.3) is 0 Å². The SMILES string of the molecule is CC(C)(C)OC(=O)N1Cc2ccc(CN3CCCC3=O)cc2C1. The van der Waals surface area contributed by atoms with E-state index in [1.54, 1.807) is 4.90 Å². The minimum Gasteiger partial charge on any atom is -0.444 e. The third kappa shape index (κ3) is 3.66. The molecular weight excluding hydrogens is 292 g/mol. The second-order valence-electron chi connectivity index (χ2n) is 7.36. The lowest BCUT2D eigenvalue weighted by molar-refractivity contribution is -0.128. The molecule has 0 bridgehead atoms. The average Bonchev–Trinajstić information content (AvgIpc) is 3.03. The highest BCUT2D eigenvalue weighted by Gasteiger charge is 2.28. The molecule has 2 aliphatic heterocycles. The smallest absolute Gasteiger partial charge is 0.410 e. The predicted octanol–water partition coefficient (Wildman–Crippen LogP) is 3.06. The topological polar surface area (TPSA) is 49.9 Å². The Morgan fingerprint density at radius 2 is 1.96 bits per heavy atom. The molecule has 0 aliphatic carbocycles. The van der Waals surface area contributed by atoms with E-state index >= 15 is 0 Å². The van der Waals surface area contributed by atoms with Crippen molar-refractivity contribution in [3.63, 3.8) is 0 Å². The van der Waals surface area contributed by atoms with Crippen molar-refractivity contribution in [3.05, 3.63) is 34.9 Å². The molecular formula is C18H24N2O3. The number of fused-ring (bicyclic) bond motifs is 1. The van der Waals surface area contributed by atoms with Crippen LogP contribution in [0.4, 0.5) is 4.79 Å². The summed E-state index contributed by atoms with van der Waals surface area (Å²) in [6.07, 6.45) is 1.35. The van der Waals surface area contributed by atoms with E-state index in [0.717, 1.165) is 29.7 Å². The van der Waals surface area contributed by atoms with E-state index in [4.69, 9.17) is 4.74 Å². The van der Waals surface area contributed by atoms with Crippen LogP contribution in [0.15, 0.2) is 18.2 Å². The molecule has 0 spiro atoms. The molecule has 5 heteroatoms. The first-order valence-corrected chi connectivity index (χ1v) is 8.18. The molecule has 124 valence electrons. The van der Waals surface area contributed by atoms with E-state index in [1.165, 1.54) is 0 Å². The number of benzene rings is 1. The lowest BCUT2D eigenvalue weighted by atomic mass is 10.1. The first-order valence-electron chi connectivity index (χ1n) is 8.18. The van der Waals surface area contributed by atoms with Crippen LogP contribution in [0, 0.1) is 0 Å². The highest BCUT2D eigenvalue weighted by molar-refractivity contribution is 5.78. The van der Waals surface area contributed by atoms with E-state index in [0.29, 0.717) is 26.1 Å². The number of ether oxygens (including phenoxy) is 1. The molecule has 1 saturated heterocycles. The molecule has 2 heterocycles. The van der Waals surface area contributed by atoms with Gasteiger partial charge in [0, 0.05) is 32.6 Å². The van der Waals surface area contributed by atoms with Gasteiger partial charge in [0.1, 0.15) is 5.60 Å². The fourth-order valence-corrected chi connectivity index (χ4v) is 3.09. The van der Waals surface area contributed by atoms with Gasteiger partial charge in [-0.2, -0.15) is 0 Å². The number of hydrogen-bond donors (Lipinski definition) is 0. The second-order valence-corrected chi connectivity index (χ2v) is 7.36. The van der Waals surface area contributed by atoms with Gasteiger partial charge in [0.2, 0.25) is 5.91 Å². The summed E-state index contributed by atoms with van der Waals surface area (Å²) < 4.78 is 5.44. The maximum Gasteiger partial charge on any atom is 0.410 e. The van der Waals surface area contributed by atoms with E-state index in [-0.39, 0.29) is 12.0 Å². The molecule has 23 heavy (non-hydrogen) atoms. The van der Waals surface area contributed by atoms with Crippen molar-refractivity contribution in [2.45, 2.75) is 58.8 Å². The molecule has 0 N–H and O–H groups in total. The third-order valence-electron chi connectivity index (χ3n) is 4.19. The summed E-state index contributed by atoms with van der Waals surface area (Å²) in [5, 5.41) is 0. The van der Waals surface area contributed by atoms with Gasteiger partial charge in [-0.15, -0.1) is 0 Å². The van der Waals surface area contributed by atoms with Gasteiger partial charge in [0.05, 0.1) is 0 Å². The van der Waals surface area contributed by atoms with Crippen molar-refractivity contribution < 1.29 is 14.3 Å². The van der Waals surface area contributed by atoms with Crippen molar-refractivity contribution in [2.24, 2.45) is 0 Å². The Bertz CT molecular complexity index is 634. The largest absolute Gasteiger partial charge is 0.444 e. The van der Waals surface area contributed by atoms with E-state index in [2.05, 4.69) is 18.2 Å². The standard InChI is InChI=1S/C18H24N2O3/c1-18(2,3)23-17(22)20-11-14-7-6-13(9-15(14)12-20)10-19-8-4-5-16(19)21/h6-7,9H,4-5,8,10-12H2,1-3H3. The molecule has 5 nitrogen and oxygen atoms in total. The van der Waals surface area contributed by atoms with Crippen LogP contribution in [0.2, 0.25) is 0 Å². The molecule has 0 aromatic heterocycles. The number of rotatable bonds is 2. The predicted molar refractivity (Wildman–Crippen MR) is 86.6 cm³/mol. The van der Waals surface area contributed by atoms with Gasteiger partial charge >= 0.3 is 6.09 Å². The van der Waals surface area contributed by atoms with E-state index < -0.39 is 5.60 Å². The second kappa shape index (κ2) is 5.87. The van der Waals surface area contributed by atoms with Crippen LogP contribution in [0.3, 0.4) is 0 Å². The summed E-state index contributed by atoms with van der Waals surface area (Å²) in [7, 11) is 0. The molecule has 0 radical (unpaired) electrons. The molecule has 1 aromatic carbocycles. The van der Waals surface area contributed by atoms with Crippen molar-refractivity contribution in [1.29, 1.82) is 0 Å². The van der Waals surface area contributed by atoms with Crippen molar-refractivity contribution in [3.8, 4) is 0 Å². The summed E-state index contributed by atoms with van der Waals surface area (Å²) in [6, 6.07) is 6.24.